The molecule has 0 aliphatic carbocycles. The number of hydrogen-bond acceptors (Lipinski definition) is 4. The predicted molar refractivity (Wildman–Crippen MR) is 51.8 cm³/mol. The SMILES string of the molecule is O=C1CC(c2c(O)cc(O)cc2O)CN1. The van der Waals surface area contributed by atoms with Crippen molar-refractivity contribution < 1.29 is 20.1 Å². The molecule has 1 aliphatic rings. The Kier molecular flexibility index (Phi) is 2.15. The molecule has 5 nitrogen and oxygen atoms in total. The maximum atomic E-state index is 11.0. The van der Waals surface area contributed by atoms with Crippen molar-refractivity contribution in [1.29, 1.82) is 0 Å². The van der Waals surface area contributed by atoms with Gasteiger partial charge in [0, 0.05) is 36.6 Å². The fourth-order valence-electron chi connectivity index (χ4n) is 1.84. The van der Waals surface area contributed by atoms with E-state index in [9.17, 15) is 15.0 Å². The second kappa shape index (κ2) is 3.34. The third kappa shape index (κ3) is 1.68. The summed E-state index contributed by atoms with van der Waals surface area (Å²) < 4.78 is 0. The zero-order valence-electron chi connectivity index (χ0n) is 7.90. The van der Waals surface area contributed by atoms with Crippen LogP contribution in [0.3, 0.4) is 0 Å². The molecule has 1 amide bonds. The Bertz CT molecular complexity index is 393. The summed E-state index contributed by atoms with van der Waals surface area (Å²) in [6, 6.07) is 2.30. The van der Waals surface area contributed by atoms with Crippen molar-refractivity contribution in [1.82, 2.24) is 5.32 Å². The monoisotopic (exact) mass is 209 g/mol. The van der Waals surface area contributed by atoms with Crippen LogP contribution < -0.4 is 5.32 Å². The zero-order chi connectivity index (χ0) is 11.0. The Labute approximate surface area is 86.0 Å². The number of phenols is 3. The second-order valence-electron chi connectivity index (χ2n) is 3.60. The first kappa shape index (κ1) is 9.64. The highest BCUT2D eigenvalue weighted by Gasteiger charge is 2.28. The summed E-state index contributed by atoms with van der Waals surface area (Å²) in [6.45, 7) is 0.394. The molecule has 80 valence electrons. The van der Waals surface area contributed by atoms with Crippen LogP contribution >= 0.6 is 0 Å². The molecule has 5 heteroatoms. The average molecular weight is 209 g/mol. The molecule has 15 heavy (non-hydrogen) atoms. The molecule has 1 heterocycles. The van der Waals surface area contributed by atoms with E-state index in [1.165, 1.54) is 0 Å². The summed E-state index contributed by atoms with van der Waals surface area (Å²) >= 11 is 0. The van der Waals surface area contributed by atoms with Gasteiger partial charge < -0.3 is 20.6 Å². The van der Waals surface area contributed by atoms with Crippen molar-refractivity contribution in [2.24, 2.45) is 0 Å². The highest BCUT2D eigenvalue weighted by molar-refractivity contribution is 5.80. The first-order chi connectivity index (χ1) is 7.08. The highest BCUT2D eigenvalue weighted by Crippen LogP contribution is 2.39. The quantitative estimate of drug-likeness (QED) is 0.539. The number of amides is 1. The molecule has 0 aromatic heterocycles. The van der Waals surface area contributed by atoms with Crippen molar-refractivity contribution >= 4 is 5.91 Å². The van der Waals surface area contributed by atoms with Crippen molar-refractivity contribution in [3.05, 3.63) is 17.7 Å². The summed E-state index contributed by atoms with van der Waals surface area (Å²) in [5.41, 5.74) is 0.311. The first-order valence-electron chi connectivity index (χ1n) is 4.59. The van der Waals surface area contributed by atoms with Crippen LogP contribution in [0.1, 0.15) is 17.9 Å². The van der Waals surface area contributed by atoms with Gasteiger partial charge in [-0.25, -0.2) is 0 Å². The minimum atomic E-state index is -0.238. The van der Waals surface area contributed by atoms with Gasteiger partial charge in [0.1, 0.15) is 17.2 Å². The number of carbonyl (C=O) groups is 1. The molecule has 1 fully saturated rings. The van der Waals surface area contributed by atoms with Crippen molar-refractivity contribution in [2.75, 3.05) is 6.54 Å². The first-order valence-corrected chi connectivity index (χ1v) is 4.59. The van der Waals surface area contributed by atoms with Gasteiger partial charge in [-0.1, -0.05) is 0 Å². The fraction of sp³-hybridized carbons (Fsp3) is 0.300. The van der Waals surface area contributed by atoms with Crippen LogP contribution in [0.25, 0.3) is 0 Å². The van der Waals surface area contributed by atoms with Gasteiger partial charge in [-0.3, -0.25) is 4.79 Å². The largest absolute Gasteiger partial charge is 0.508 e. The Balaban J connectivity index is 2.39. The number of phenolic OH excluding ortho intramolecular Hbond substituents is 3. The van der Waals surface area contributed by atoms with Crippen molar-refractivity contribution in [3.63, 3.8) is 0 Å². The average Bonchev–Trinajstić information content (AvgIpc) is 2.49. The maximum absolute atomic E-state index is 11.0. The standard InChI is InChI=1S/C10H11NO4/c12-6-2-7(13)10(8(14)3-6)5-1-9(15)11-4-5/h2-3,5,12-14H,1,4H2,(H,11,15). The maximum Gasteiger partial charge on any atom is 0.220 e. The van der Waals surface area contributed by atoms with E-state index >= 15 is 0 Å². The summed E-state index contributed by atoms with van der Waals surface area (Å²) in [7, 11) is 0. The van der Waals surface area contributed by atoms with Gasteiger partial charge in [0.25, 0.3) is 0 Å². The summed E-state index contributed by atoms with van der Waals surface area (Å²) in [5, 5.41) is 30.8. The molecule has 1 atom stereocenters. The molecule has 0 bridgehead atoms. The zero-order valence-corrected chi connectivity index (χ0v) is 7.90. The Morgan fingerprint density at radius 3 is 2.27 bits per heavy atom. The molecule has 4 N–H and O–H groups in total. The Morgan fingerprint density at radius 2 is 1.80 bits per heavy atom. The molecular formula is C10H11NO4. The topological polar surface area (TPSA) is 89.8 Å². The number of aromatic hydroxyl groups is 3. The molecule has 1 aromatic rings. The van der Waals surface area contributed by atoms with Crippen LogP contribution in [0.15, 0.2) is 12.1 Å². The van der Waals surface area contributed by atoms with Gasteiger partial charge in [-0.2, -0.15) is 0 Å². The van der Waals surface area contributed by atoms with Crippen LogP contribution in [0.4, 0.5) is 0 Å². The molecular weight excluding hydrogens is 198 g/mol. The lowest BCUT2D eigenvalue weighted by molar-refractivity contribution is -0.119. The van der Waals surface area contributed by atoms with Crippen LogP contribution in [0.2, 0.25) is 0 Å². The van der Waals surface area contributed by atoms with E-state index in [4.69, 9.17) is 5.11 Å². The molecule has 1 aromatic carbocycles. The Morgan fingerprint density at radius 1 is 1.20 bits per heavy atom. The van der Waals surface area contributed by atoms with E-state index in [1.807, 2.05) is 0 Å². The van der Waals surface area contributed by atoms with Crippen LogP contribution in [0, 0.1) is 0 Å². The minimum absolute atomic E-state index is 0.105. The third-order valence-corrected chi connectivity index (χ3v) is 2.51. The Hall–Kier alpha value is -1.91. The summed E-state index contributed by atoms with van der Waals surface area (Å²) in [6.07, 6.45) is 0.242. The van der Waals surface area contributed by atoms with Crippen molar-refractivity contribution in [2.45, 2.75) is 12.3 Å². The number of benzene rings is 1. The molecule has 1 saturated heterocycles. The van der Waals surface area contributed by atoms with Crippen LogP contribution in [-0.4, -0.2) is 27.8 Å². The lowest BCUT2D eigenvalue weighted by Gasteiger charge is -2.12. The van der Waals surface area contributed by atoms with Gasteiger partial charge in [-0.15, -0.1) is 0 Å². The normalized spacial score (nSPS) is 20.3. The van der Waals surface area contributed by atoms with E-state index < -0.39 is 0 Å². The minimum Gasteiger partial charge on any atom is -0.508 e. The van der Waals surface area contributed by atoms with E-state index in [-0.39, 0.29) is 35.5 Å². The lowest BCUT2D eigenvalue weighted by atomic mass is 9.96. The smallest absolute Gasteiger partial charge is 0.220 e. The molecule has 0 spiro atoms. The predicted octanol–water partition coefficient (Wildman–Crippen LogP) is 0.407. The number of hydrogen-bond donors (Lipinski definition) is 4. The number of nitrogens with one attached hydrogen (secondary N) is 1. The van der Waals surface area contributed by atoms with E-state index in [0.717, 1.165) is 12.1 Å². The van der Waals surface area contributed by atoms with Gasteiger partial charge >= 0.3 is 0 Å². The van der Waals surface area contributed by atoms with E-state index in [2.05, 4.69) is 5.32 Å². The van der Waals surface area contributed by atoms with Gasteiger partial charge in [0.2, 0.25) is 5.91 Å². The third-order valence-electron chi connectivity index (χ3n) is 2.51. The fourth-order valence-corrected chi connectivity index (χ4v) is 1.84. The van der Waals surface area contributed by atoms with Gasteiger partial charge in [0.05, 0.1) is 0 Å². The number of carbonyl (C=O) groups excluding carboxylic acids is 1. The summed E-state index contributed by atoms with van der Waals surface area (Å²) in [5.74, 6) is -0.918. The van der Waals surface area contributed by atoms with Crippen molar-refractivity contribution in [3.8, 4) is 17.2 Å². The van der Waals surface area contributed by atoms with Crippen LogP contribution in [0.5, 0.6) is 17.2 Å². The molecule has 1 unspecified atom stereocenters. The summed E-state index contributed by atoms with van der Waals surface area (Å²) in [4.78, 5) is 11.0. The van der Waals surface area contributed by atoms with Gasteiger partial charge in [0.15, 0.2) is 0 Å². The van der Waals surface area contributed by atoms with E-state index in [1.54, 1.807) is 0 Å². The second-order valence-corrected chi connectivity index (χ2v) is 3.60. The van der Waals surface area contributed by atoms with Gasteiger partial charge in [-0.05, 0) is 0 Å². The highest BCUT2D eigenvalue weighted by atomic mass is 16.3. The van der Waals surface area contributed by atoms with Crippen LogP contribution in [-0.2, 0) is 4.79 Å². The molecule has 0 saturated carbocycles. The number of rotatable bonds is 1. The molecule has 0 radical (unpaired) electrons. The molecule has 2 rings (SSSR count). The lowest BCUT2D eigenvalue weighted by Crippen LogP contribution is -2.13. The van der Waals surface area contributed by atoms with E-state index in [0.29, 0.717) is 12.1 Å². The molecule has 1 aliphatic heterocycles.